The van der Waals surface area contributed by atoms with E-state index in [0.29, 0.717) is 0 Å². The molecule has 0 aliphatic carbocycles. The minimum absolute atomic E-state index is 0.883. The summed E-state index contributed by atoms with van der Waals surface area (Å²) >= 11 is 0. The van der Waals surface area contributed by atoms with Crippen molar-refractivity contribution in [2.75, 3.05) is 7.11 Å². The summed E-state index contributed by atoms with van der Waals surface area (Å²) in [7, 11) is 1.71. The standard InChI is InChI=1S/C19H15NO/c1-21-19-9-5-4-8-15(19)18-12-16-14-7-3-2-6-13(14)10-11-17(16)20-18/h2-12,20H,1H3. The largest absolute Gasteiger partial charge is 0.496 e. The third-order valence-electron chi connectivity index (χ3n) is 3.93. The van der Waals surface area contributed by atoms with E-state index >= 15 is 0 Å². The summed E-state index contributed by atoms with van der Waals surface area (Å²) in [5, 5.41) is 3.77. The van der Waals surface area contributed by atoms with Gasteiger partial charge in [-0.25, -0.2) is 0 Å². The highest BCUT2D eigenvalue weighted by atomic mass is 16.5. The van der Waals surface area contributed by atoms with Crippen molar-refractivity contribution in [3.8, 4) is 17.0 Å². The first-order chi connectivity index (χ1) is 10.4. The Bertz CT molecular complexity index is 937. The predicted molar refractivity (Wildman–Crippen MR) is 87.8 cm³/mol. The topological polar surface area (TPSA) is 25.0 Å². The highest BCUT2D eigenvalue weighted by Gasteiger charge is 2.09. The molecular weight excluding hydrogens is 258 g/mol. The van der Waals surface area contributed by atoms with E-state index in [0.717, 1.165) is 22.5 Å². The molecule has 4 rings (SSSR count). The van der Waals surface area contributed by atoms with Gasteiger partial charge in [-0.3, -0.25) is 0 Å². The van der Waals surface area contributed by atoms with Gasteiger partial charge in [0.15, 0.2) is 0 Å². The van der Waals surface area contributed by atoms with Crippen LogP contribution in [0.15, 0.2) is 66.7 Å². The van der Waals surface area contributed by atoms with Gasteiger partial charge in [-0.15, -0.1) is 0 Å². The van der Waals surface area contributed by atoms with Crippen molar-refractivity contribution >= 4 is 21.7 Å². The van der Waals surface area contributed by atoms with Crippen LogP contribution in [0.25, 0.3) is 32.9 Å². The van der Waals surface area contributed by atoms with Crippen LogP contribution in [0, 0.1) is 0 Å². The Morgan fingerprint density at radius 3 is 2.52 bits per heavy atom. The van der Waals surface area contributed by atoms with Gasteiger partial charge in [0.05, 0.1) is 12.8 Å². The number of ether oxygens (including phenoxy) is 1. The van der Waals surface area contributed by atoms with Crippen LogP contribution in [0.1, 0.15) is 0 Å². The van der Waals surface area contributed by atoms with Crippen LogP contribution in [0.3, 0.4) is 0 Å². The summed E-state index contributed by atoms with van der Waals surface area (Å²) in [4.78, 5) is 3.50. The Labute approximate surface area is 123 Å². The molecule has 102 valence electrons. The second-order valence-corrected chi connectivity index (χ2v) is 5.13. The molecule has 0 unspecified atom stereocenters. The van der Waals surface area contributed by atoms with Crippen molar-refractivity contribution in [2.45, 2.75) is 0 Å². The zero-order valence-electron chi connectivity index (χ0n) is 11.8. The molecule has 2 nitrogen and oxygen atoms in total. The lowest BCUT2D eigenvalue weighted by Crippen LogP contribution is -1.86. The predicted octanol–water partition coefficient (Wildman–Crippen LogP) is 5.00. The zero-order valence-corrected chi connectivity index (χ0v) is 11.8. The quantitative estimate of drug-likeness (QED) is 0.546. The van der Waals surface area contributed by atoms with Gasteiger partial charge < -0.3 is 9.72 Å². The average molecular weight is 273 g/mol. The maximum Gasteiger partial charge on any atom is 0.128 e. The van der Waals surface area contributed by atoms with Crippen LogP contribution in [-0.2, 0) is 0 Å². The molecule has 0 spiro atoms. The van der Waals surface area contributed by atoms with E-state index in [9.17, 15) is 0 Å². The molecular formula is C19H15NO. The van der Waals surface area contributed by atoms with Crippen LogP contribution < -0.4 is 4.74 Å². The molecule has 0 saturated carbocycles. The molecule has 0 aliphatic rings. The Hall–Kier alpha value is -2.74. The first-order valence-electron chi connectivity index (χ1n) is 7.01. The van der Waals surface area contributed by atoms with Gasteiger partial charge in [0.1, 0.15) is 5.75 Å². The Morgan fingerprint density at radius 2 is 1.62 bits per heavy atom. The van der Waals surface area contributed by atoms with Crippen LogP contribution in [0.5, 0.6) is 5.75 Å². The van der Waals surface area contributed by atoms with Gasteiger partial charge in [-0.1, -0.05) is 42.5 Å². The third kappa shape index (κ3) is 1.88. The minimum Gasteiger partial charge on any atom is -0.496 e. The fourth-order valence-electron chi connectivity index (χ4n) is 2.90. The molecule has 1 N–H and O–H groups in total. The van der Waals surface area contributed by atoms with Gasteiger partial charge in [0.2, 0.25) is 0 Å². The molecule has 0 radical (unpaired) electrons. The smallest absolute Gasteiger partial charge is 0.128 e. The van der Waals surface area contributed by atoms with Crippen molar-refractivity contribution in [2.24, 2.45) is 0 Å². The first-order valence-corrected chi connectivity index (χ1v) is 7.01. The molecule has 0 bridgehead atoms. The zero-order chi connectivity index (χ0) is 14.2. The fraction of sp³-hybridized carbons (Fsp3) is 0.0526. The number of aromatic amines is 1. The van der Waals surface area contributed by atoms with E-state index < -0.39 is 0 Å². The van der Waals surface area contributed by atoms with Crippen LogP contribution in [-0.4, -0.2) is 12.1 Å². The minimum atomic E-state index is 0.883. The van der Waals surface area contributed by atoms with E-state index in [1.54, 1.807) is 7.11 Å². The number of hydrogen-bond donors (Lipinski definition) is 1. The summed E-state index contributed by atoms with van der Waals surface area (Å²) < 4.78 is 5.46. The van der Waals surface area contributed by atoms with E-state index in [1.807, 2.05) is 18.2 Å². The summed E-state index contributed by atoms with van der Waals surface area (Å²) in [6.45, 7) is 0. The number of rotatable bonds is 2. The molecule has 1 heterocycles. The molecule has 2 heteroatoms. The number of methoxy groups -OCH3 is 1. The van der Waals surface area contributed by atoms with Crippen LogP contribution >= 0.6 is 0 Å². The maximum atomic E-state index is 5.46. The number of para-hydroxylation sites is 1. The normalized spacial score (nSPS) is 11.1. The highest BCUT2D eigenvalue weighted by Crippen LogP contribution is 2.33. The SMILES string of the molecule is COc1ccccc1-c1cc2c(ccc3ccccc32)[nH]1. The van der Waals surface area contributed by atoms with E-state index in [4.69, 9.17) is 4.74 Å². The van der Waals surface area contributed by atoms with Crippen molar-refractivity contribution in [1.29, 1.82) is 0 Å². The molecule has 0 saturated heterocycles. The Kier molecular flexibility index (Phi) is 2.68. The lowest BCUT2D eigenvalue weighted by atomic mass is 10.1. The van der Waals surface area contributed by atoms with Gasteiger partial charge in [-0.2, -0.15) is 0 Å². The lowest BCUT2D eigenvalue weighted by Gasteiger charge is -2.05. The van der Waals surface area contributed by atoms with Crippen molar-refractivity contribution in [3.63, 3.8) is 0 Å². The second kappa shape index (κ2) is 4.67. The molecule has 0 fully saturated rings. The van der Waals surface area contributed by atoms with E-state index in [-0.39, 0.29) is 0 Å². The van der Waals surface area contributed by atoms with E-state index in [2.05, 4.69) is 53.5 Å². The Morgan fingerprint density at radius 1 is 0.810 bits per heavy atom. The number of hydrogen-bond acceptors (Lipinski definition) is 1. The van der Waals surface area contributed by atoms with Gasteiger partial charge >= 0.3 is 0 Å². The number of aromatic nitrogens is 1. The van der Waals surface area contributed by atoms with Gasteiger partial charge in [0.25, 0.3) is 0 Å². The average Bonchev–Trinajstić information content (AvgIpc) is 2.99. The van der Waals surface area contributed by atoms with Crippen LogP contribution in [0.2, 0.25) is 0 Å². The van der Waals surface area contributed by atoms with Gasteiger partial charge in [0, 0.05) is 16.5 Å². The number of fused-ring (bicyclic) bond motifs is 3. The Balaban J connectivity index is 2.01. The molecule has 0 amide bonds. The summed E-state index contributed by atoms with van der Waals surface area (Å²) in [6, 6.07) is 23.0. The monoisotopic (exact) mass is 273 g/mol. The third-order valence-corrected chi connectivity index (χ3v) is 3.93. The molecule has 4 aromatic rings. The molecule has 3 aromatic carbocycles. The molecule has 0 aliphatic heterocycles. The van der Waals surface area contributed by atoms with Gasteiger partial charge in [-0.05, 0) is 35.0 Å². The van der Waals surface area contributed by atoms with E-state index in [1.165, 1.54) is 16.2 Å². The highest BCUT2D eigenvalue weighted by molar-refractivity contribution is 6.08. The summed E-state index contributed by atoms with van der Waals surface area (Å²) in [6.07, 6.45) is 0. The number of H-pyrrole nitrogens is 1. The van der Waals surface area contributed by atoms with Crippen molar-refractivity contribution in [3.05, 3.63) is 66.7 Å². The molecule has 0 atom stereocenters. The van der Waals surface area contributed by atoms with Crippen LogP contribution in [0.4, 0.5) is 0 Å². The molecule has 1 aromatic heterocycles. The second-order valence-electron chi connectivity index (χ2n) is 5.13. The van der Waals surface area contributed by atoms with Crippen molar-refractivity contribution < 1.29 is 4.74 Å². The summed E-state index contributed by atoms with van der Waals surface area (Å²) in [5.74, 6) is 0.883. The maximum absolute atomic E-state index is 5.46. The number of nitrogens with one attached hydrogen (secondary N) is 1. The van der Waals surface area contributed by atoms with Crippen molar-refractivity contribution in [1.82, 2.24) is 4.98 Å². The fourth-order valence-corrected chi connectivity index (χ4v) is 2.90. The first kappa shape index (κ1) is 12.0. The number of benzene rings is 3. The molecule has 21 heavy (non-hydrogen) atoms. The summed E-state index contributed by atoms with van der Waals surface area (Å²) in [5.41, 5.74) is 3.31. The lowest BCUT2D eigenvalue weighted by molar-refractivity contribution is 0.416.